The summed E-state index contributed by atoms with van der Waals surface area (Å²) in [6.45, 7) is 3.97. The summed E-state index contributed by atoms with van der Waals surface area (Å²) in [5.74, 6) is 0.992. The van der Waals surface area contributed by atoms with Gasteiger partial charge in [0.1, 0.15) is 11.5 Å². The molecule has 0 spiro atoms. The number of furan rings is 1. The number of rotatable bonds is 4. The zero-order valence-corrected chi connectivity index (χ0v) is 12.0. The number of halogens is 1. The van der Waals surface area contributed by atoms with E-state index in [0.717, 1.165) is 0 Å². The van der Waals surface area contributed by atoms with Crippen molar-refractivity contribution in [3.63, 3.8) is 0 Å². The van der Waals surface area contributed by atoms with Crippen LogP contribution in [0.5, 0.6) is 5.75 Å². The van der Waals surface area contributed by atoms with Gasteiger partial charge in [-0.15, -0.1) is 0 Å². The summed E-state index contributed by atoms with van der Waals surface area (Å²) in [7, 11) is 1.55. The van der Waals surface area contributed by atoms with Gasteiger partial charge in [0.15, 0.2) is 16.5 Å². The van der Waals surface area contributed by atoms with Crippen LogP contribution in [0.2, 0.25) is 0 Å². The van der Waals surface area contributed by atoms with Crippen LogP contribution in [0.25, 0.3) is 0 Å². The number of hydrogen-bond acceptors (Lipinski definition) is 4. The zero-order chi connectivity index (χ0) is 13.3. The van der Waals surface area contributed by atoms with E-state index in [-0.39, 0.29) is 6.04 Å². The van der Waals surface area contributed by atoms with E-state index in [0.29, 0.717) is 21.9 Å². The van der Waals surface area contributed by atoms with E-state index in [1.807, 2.05) is 13.8 Å². The van der Waals surface area contributed by atoms with Gasteiger partial charge in [0.2, 0.25) is 0 Å². The summed E-state index contributed by atoms with van der Waals surface area (Å²) in [5, 5.41) is 14.6. The molecule has 1 unspecified atom stereocenters. The molecule has 0 aromatic carbocycles. The minimum absolute atomic E-state index is 0.122. The molecule has 2 aromatic heterocycles. The topological polar surface area (TPSA) is 60.4 Å². The standard InChI is InChI=1S/C12H15BrN2O3/c1-7(2)15-11(9(17-3)6-14-15)12(16)8-4-5-10(13)18-8/h4-7,12,16H,1-3H3. The van der Waals surface area contributed by atoms with Crippen molar-refractivity contribution in [2.24, 2.45) is 0 Å². The monoisotopic (exact) mass is 314 g/mol. The van der Waals surface area contributed by atoms with Crippen LogP contribution in [-0.2, 0) is 0 Å². The predicted octanol–water partition coefficient (Wildman–Crippen LogP) is 2.91. The molecule has 0 fully saturated rings. The average Bonchev–Trinajstić information content (AvgIpc) is 2.93. The summed E-state index contributed by atoms with van der Waals surface area (Å²) >= 11 is 3.22. The molecule has 1 N–H and O–H groups in total. The zero-order valence-electron chi connectivity index (χ0n) is 10.4. The van der Waals surface area contributed by atoms with Gasteiger partial charge in [0.25, 0.3) is 0 Å². The maximum Gasteiger partial charge on any atom is 0.169 e. The van der Waals surface area contributed by atoms with Crippen LogP contribution in [-0.4, -0.2) is 22.0 Å². The molecular weight excluding hydrogens is 300 g/mol. The lowest BCUT2D eigenvalue weighted by Gasteiger charge is -2.15. The van der Waals surface area contributed by atoms with Crippen molar-refractivity contribution in [3.8, 4) is 5.75 Å². The van der Waals surface area contributed by atoms with E-state index >= 15 is 0 Å². The Kier molecular flexibility index (Phi) is 3.77. The number of ether oxygens (including phenoxy) is 1. The molecule has 1 atom stereocenters. The lowest BCUT2D eigenvalue weighted by molar-refractivity contribution is 0.170. The summed E-state index contributed by atoms with van der Waals surface area (Å²) < 4.78 is 12.9. The smallest absolute Gasteiger partial charge is 0.169 e. The van der Waals surface area contributed by atoms with E-state index in [9.17, 15) is 5.11 Å². The van der Waals surface area contributed by atoms with Gasteiger partial charge in [0.05, 0.1) is 13.3 Å². The first kappa shape index (κ1) is 13.2. The Morgan fingerprint density at radius 2 is 2.17 bits per heavy atom. The van der Waals surface area contributed by atoms with Gasteiger partial charge in [-0.1, -0.05) is 0 Å². The van der Waals surface area contributed by atoms with Crippen molar-refractivity contribution in [3.05, 3.63) is 34.5 Å². The quantitative estimate of drug-likeness (QED) is 0.942. The predicted molar refractivity (Wildman–Crippen MR) is 69.6 cm³/mol. The van der Waals surface area contributed by atoms with Crippen molar-refractivity contribution >= 4 is 15.9 Å². The Hall–Kier alpha value is -1.27. The van der Waals surface area contributed by atoms with Gasteiger partial charge in [-0.25, -0.2) is 0 Å². The molecule has 0 radical (unpaired) electrons. The summed E-state index contributed by atoms with van der Waals surface area (Å²) in [5.41, 5.74) is 0.592. The first-order chi connectivity index (χ1) is 8.54. The summed E-state index contributed by atoms with van der Waals surface area (Å²) in [4.78, 5) is 0. The van der Waals surface area contributed by atoms with E-state index in [1.165, 1.54) is 0 Å². The molecule has 98 valence electrons. The van der Waals surface area contributed by atoms with Crippen LogP contribution >= 0.6 is 15.9 Å². The highest BCUT2D eigenvalue weighted by molar-refractivity contribution is 9.10. The highest BCUT2D eigenvalue weighted by Crippen LogP contribution is 2.33. The van der Waals surface area contributed by atoms with Crippen molar-refractivity contribution in [1.29, 1.82) is 0 Å². The fourth-order valence-corrected chi connectivity index (χ4v) is 2.11. The SMILES string of the molecule is COc1cnn(C(C)C)c1C(O)c1ccc(Br)o1. The number of aliphatic hydroxyl groups is 1. The third-order valence-corrected chi connectivity index (χ3v) is 3.06. The average molecular weight is 315 g/mol. The molecule has 5 nitrogen and oxygen atoms in total. The molecule has 0 aliphatic rings. The molecule has 6 heteroatoms. The van der Waals surface area contributed by atoms with Gasteiger partial charge >= 0.3 is 0 Å². The molecule has 0 aliphatic carbocycles. The van der Waals surface area contributed by atoms with Crippen molar-refractivity contribution in [2.75, 3.05) is 7.11 Å². The molecule has 0 aliphatic heterocycles. The molecule has 0 bridgehead atoms. The number of aromatic nitrogens is 2. The molecule has 0 saturated carbocycles. The lowest BCUT2D eigenvalue weighted by Crippen LogP contribution is -2.12. The minimum atomic E-state index is -0.906. The fraction of sp³-hybridized carbons (Fsp3) is 0.417. The third kappa shape index (κ3) is 2.30. The maximum absolute atomic E-state index is 10.4. The van der Waals surface area contributed by atoms with Crippen molar-refractivity contribution in [2.45, 2.75) is 26.0 Å². The maximum atomic E-state index is 10.4. The number of nitrogens with zero attached hydrogens (tertiary/aromatic N) is 2. The Morgan fingerprint density at radius 1 is 1.44 bits per heavy atom. The number of methoxy groups -OCH3 is 1. The van der Waals surface area contributed by atoms with Gasteiger partial charge in [0, 0.05) is 6.04 Å². The normalized spacial score (nSPS) is 13.0. The van der Waals surface area contributed by atoms with E-state index < -0.39 is 6.10 Å². The molecule has 2 aromatic rings. The second-order valence-electron chi connectivity index (χ2n) is 4.18. The van der Waals surface area contributed by atoms with Gasteiger partial charge < -0.3 is 14.3 Å². The Bertz CT molecular complexity index is 533. The van der Waals surface area contributed by atoms with E-state index in [4.69, 9.17) is 9.15 Å². The molecule has 18 heavy (non-hydrogen) atoms. The van der Waals surface area contributed by atoms with Crippen molar-refractivity contribution < 1.29 is 14.3 Å². The highest BCUT2D eigenvalue weighted by Gasteiger charge is 2.25. The highest BCUT2D eigenvalue weighted by atomic mass is 79.9. The summed E-state index contributed by atoms with van der Waals surface area (Å²) in [6.07, 6.45) is 0.687. The van der Waals surface area contributed by atoms with Gasteiger partial charge in [-0.2, -0.15) is 5.10 Å². The van der Waals surface area contributed by atoms with E-state index in [1.54, 1.807) is 30.1 Å². The van der Waals surface area contributed by atoms with Gasteiger partial charge in [-0.05, 0) is 41.9 Å². The van der Waals surface area contributed by atoms with E-state index in [2.05, 4.69) is 21.0 Å². The third-order valence-electron chi connectivity index (χ3n) is 2.63. The Labute approximate surface area is 113 Å². The molecular formula is C12H15BrN2O3. The molecule has 0 amide bonds. The minimum Gasteiger partial charge on any atom is -0.493 e. The van der Waals surface area contributed by atoms with Crippen LogP contribution in [0.3, 0.4) is 0 Å². The van der Waals surface area contributed by atoms with Crippen LogP contribution in [0.1, 0.15) is 37.4 Å². The second kappa shape index (κ2) is 5.16. The van der Waals surface area contributed by atoms with Crippen LogP contribution in [0, 0.1) is 0 Å². The van der Waals surface area contributed by atoms with Gasteiger partial charge in [-0.3, -0.25) is 4.68 Å². The second-order valence-corrected chi connectivity index (χ2v) is 4.96. The van der Waals surface area contributed by atoms with Crippen LogP contribution < -0.4 is 4.74 Å². The van der Waals surface area contributed by atoms with Crippen LogP contribution in [0.4, 0.5) is 0 Å². The molecule has 0 saturated heterocycles. The first-order valence-electron chi connectivity index (χ1n) is 5.59. The fourth-order valence-electron chi connectivity index (χ4n) is 1.79. The lowest BCUT2D eigenvalue weighted by atomic mass is 10.2. The Balaban J connectivity index is 2.45. The first-order valence-corrected chi connectivity index (χ1v) is 6.38. The molecule has 2 rings (SSSR count). The number of aliphatic hydroxyl groups excluding tert-OH is 1. The number of hydrogen-bond donors (Lipinski definition) is 1. The summed E-state index contributed by atoms with van der Waals surface area (Å²) in [6, 6.07) is 3.57. The van der Waals surface area contributed by atoms with Crippen LogP contribution in [0.15, 0.2) is 27.4 Å². The largest absolute Gasteiger partial charge is 0.493 e. The Morgan fingerprint density at radius 3 is 2.67 bits per heavy atom. The van der Waals surface area contributed by atoms with Crippen molar-refractivity contribution in [1.82, 2.24) is 9.78 Å². The molecule has 2 heterocycles.